The molecule has 0 amide bonds. The van der Waals surface area contributed by atoms with Crippen LogP contribution in [0.3, 0.4) is 0 Å². The van der Waals surface area contributed by atoms with Gasteiger partial charge in [-0.2, -0.15) is 0 Å². The van der Waals surface area contributed by atoms with Crippen molar-refractivity contribution in [3.8, 4) is 12.3 Å². The van der Waals surface area contributed by atoms with Crippen molar-refractivity contribution >= 4 is 5.71 Å². The van der Waals surface area contributed by atoms with Gasteiger partial charge >= 0.3 is 0 Å². The van der Waals surface area contributed by atoms with Crippen LogP contribution in [0.25, 0.3) is 0 Å². The molecular formula is C12H21NO4. The first-order valence-electron chi connectivity index (χ1n) is 5.47. The molecule has 0 radical (unpaired) electrons. The minimum atomic E-state index is -1.14. The Morgan fingerprint density at radius 2 is 1.94 bits per heavy atom. The molecular weight excluding hydrogens is 222 g/mol. The molecule has 3 atom stereocenters. The minimum Gasteiger partial charge on any atom is -0.390 e. The minimum absolute atomic E-state index is 0.00452. The van der Waals surface area contributed by atoms with Gasteiger partial charge in [0.25, 0.3) is 0 Å². The van der Waals surface area contributed by atoms with E-state index in [1.165, 1.54) is 14.0 Å². The third kappa shape index (κ3) is 5.18. The van der Waals surface area contributed by atoms with Crippen molar-refractivity contribution in [3.05, 3.63) is 0 Å². The molecule has 0 aromatic carbocycles. The summed E-state index contributed by atoms with van der Waals surface area (Å²) >= 11 is 0. The van der Waals surface area contributed by atoms with Gasteiger partial charge in [-0.05, 0) is 12.8 Å². The number of oxime groups is 1. The summed E-state index contributed by atoms with van der Waals surface area (Å²) in [6, 6.07) is 0. The number of terminal acetylenes is 1. The van der Waals surface area contributed by atoms with Crippen LogP contribution in [0, 0.1) is 18.3 Å². The Labute approximate surface area is 102 Å². The monoisotopic (exact) mass is 243 g/mol. The van der Waals surface area contributed by atoms with Crippen LogP contribution >= 0.6 is 0 Å². The van der Waals surface area contributed by atoms with Crippen molar-refractivity contribution < 1.29 is 19.8 Å². The molecule has 0 saturated heterocycles. The van der Waals surface area contributed by atoms with Gasteiger partial charge in [0.1, 0.15) is 17.9 Å². The highest BCUT2D eigenvalue weighted by Crippen LogP contribution is 2.13. The fourth-order valence-electron chi connectivity index (χ4n) is 1.40. The van der Waals surface area contributed by atoms with Crippen molar-refractivity contribution in [3.63, 3.8) is 0 Å². The highest BCUT2D eigenvalue weighted by atomic mass is 16.6. The first kappa shape index (κ1) is 15.9. The van der Waals surface area contributed by atoms with Crippen molar-refractivity contribution in [1.82, 2.24) is 0 Å². The molecule has 0 aliphatic heterocycles. The number of aliphatic hydroxyl groups excluding tert-OH is 2. The van der Waals surface area contributed by atoms with Gasteiger partial charge in [0.2, 0.25) is 0 Å². The summed E-state index contributed by atoms with van der Waals surface area (Å²) in [5.41, 5.74) is 0.243. The van der Waals surface area contributed by atoms with Gasteiger partial charge in [-0.15, -0.1) is 6.42 Å². The Morgan fingerprint density at radius 3 is 2.29 bits per heavy atom. The second-order valence-corrected chi connectivity index (χ2v) is 4.08. The van der Waals surface area contributed by atoms with E-state index < -0.39 is 18.3 Å². The lowest BCUT2D eigenvalue weighted by atomic mass is 9.96. The Morgan fingerprint density at radius 1 is 1.35 bits per heavy atom. The number of hydrogen-bond donors (Lipinski definition) is 2. The summed E-state index contributed by atoms with van der Waals surface area (Å²) in [6.07, 6.45) is 2.50. The van der Waals surface area contributed by atoms with E-state index in [1.54, 1.807) is 0 Å². The van der Waals surface area contributed by atoms with Crippen molar-refractivity contribution in [2.24, 2.45) is 11.1 Å². The Kier molecular flexibility index (Phi) is 7.55. The zero-order valence-corrected chi connectivity index (χ0v) is 10.8. The summed E-state index contributed by atoms with van der Waals surface area (Å²) < 4.78 is 5.24. The van der Waals surface area contributed by atoms with E-state index in [4.69, 9.17) is 16.0 Å². The van der Waals surface area contributed by atoms with Crippen molar-refractivity contribution in [2.45, 2.75) is 39.1 Å². The lowest BCUT2D eigenvalue weighted by Gasteiger charge is -2.25. The third-order valence-corrected chi connectivity index (χ3v) is 2.23. The van der Waals surface area contributed by atoms with Crippen molar-refractivity contribution in [2.75, 3.05) is 13.7 Å². The second kappa shape index (κ2) is 8.07. The zero-order chi connectivity index (χ0) is 13.4. The number of hydrogen-bond acceptors (Lipinski definition) is 5. The van der Waals surface area contributed by atoms with E-state index in [0.29, 0.717) is 0 Å². The normalized spacial score (nSPS) is 17.4. The van der Waals surface area contributed by atoms with Gasteiger partial charge in [0.05, 0.1) is 6.10 Å². The molecule has 17 heavy (non-hydrogen) atoms. The van der Waals surface area contributed by atoms with Crippen LogP contribution in [0.1, 0.15) is 20.8 Å². The molecule has 0 aromatic rings. The van der Waals surface area contributed by atoms with E-state index in [-0.39, 0.29) is 18.2 Å². The Bertz CT molecular complexity index is 281. The predicted molar refractivity (Wildman–Crippen MR) is 65.5 cm³/mol. The van der Waals surface area contributed by atoms with Crippen molar-refractivity contribution in [1.29, 1.82) is 0 Å². The number of nitrogens with zero attached hydrogens (tertiary/aromatic N) is 1. The Hall–Kier alpha value is -1.09. The molecule has 0 fully saturated rings. The maximum Gasteiger partial charge on any atom is 0.177 e. The van der Waals surface area contributed by atoms with Crippen LogP contribution in [-0.4, -0.2) is 48.0 Å². The molecule has 5 heteroatoms. The molecule has 5 nitrogen and oxygen atoms in total. The summed E-state index contributed by atoms with van der Waals surface area (Å²) in [7, 11) is 1.51. The molecule has 0 aliphatic rings. The molecule has 0 aliphatic carbocycles. The number of ether oxygens (including phenoxy) is 1. The van der Waals surface area contributed by atoms with E-state index in [1.807, 2.05) is 13.8 Å². The third-order valence-electron chi connectivity index (χ3n) is 2.23. The van der Waals surface area contributed by atoms with Crippen LogP contribution in [0.2, 0.25) is 0 Å². The molecule has 0 aromatic heterocycles. The maximum atomic E-state index is 9.84. The van der Waals surface area contributed by atoms with Crippen LogP contribution in [0.4, 0.5) is 0 Å². The van der Waals surface area contributed by atoms with Gasteiger partial charge in [0.15, 0.2) is 6.61 Å². The molecule has 2 N–H and O–H groups in total. The molecule has 0 spiro atoms. The van der Waals surface area contributed by atoms with Crippen LogP contribution in [-0.2, 0) is 9.57 Å². The largest absolute Gasteiger partial charge is 0.390 e. The van der Waals surface area contributed by atoms with E-state index in [2.05, 4.69) is 11.1 Å². The lowest BCUT2D eigenvalue weighted by molar-refractivity contribution is 0.0462. The van der Waals surface area contributed by atoms with Gasteiger partial charge in [-0.1, -0.05) is 24.9 Å². The average Bonchev–Trinajstić information content (AvgIpc) is 2.26. The summed E-state index contributed by atoms with van der Waals surface area (Å²) in [5.74, 6) is 2.35. The standard InChI is InChI=1S/C12H21NO4/c1-6-7-17-13-10(11(15)9(4)14)12(16-5)8(2)3/h1,8-9,11-12,14-15H,7H2,2-5H3/b13-10-/t9-,11+,12+/m1/s1. The first-order valence-corrected chi connectivity index (χ1v) is 5.47. The predicted octanol–water partition coefficient (Wildman–Crippen LogP) is 0.405. The van der Waals surface area contributed by atoms with Crippen LogP contribution in [0.5, 0.6) is 0 Å². The quantitative estimate of drug-likeness (QED) is 0.294. The SMILES string of the molecule is C#CCO/N=C(\[C@@H](OC)C(C)C)[C@@H](O)[C@@H](C)O. The highest BCUT2D eigenvalue weighted by Gasteiger charge is 2.29. The van der Waals surface area contributed by atoms with E-state index in [9.17, 15) is 10.2 Å². The number of aliphatic hydroxyl groups is 2. The molecule has 98 valence electrons. The molecule has 0 rings (SSSR count). The molecule has 0 unspecified atom stereocenters. The average molecular weight is 243 g/mol. The highest BCUT2D eigenvalue weighted by molar-refractivity contribution is 5.92. The smallest absolute Gasteiger partial charge is 0.177 e. The zero-order valence-electron chi connectivity index (χ0n) is 10.8. The number of methoxy groups -OCH3 is 1. The van der Waals surface area contributed by atoms with Gasteiger partial charge < -0.3 is 19.8 Å². The number of rotatable bonds is 7. The van der Waals surface area contributed by atoms with Crippen LogP contribution < -0.4 is 0 Å². The molecule has 0 bridgehead atoms. The fourth-order valence-corrected chi connectivity index (χ4v) is 1.40. The second-order valence-electron chi connectivity index (χ2n) is 4.08. The Balaban J connectivity index is 4.95. The summed E-state index contributed by atoms with van der Waals surface area (Å²) in [6.45, 7) is 5.30. The fraction of sp³-hybridized carbons (Fsp3) is 0.750. The maximum absolute atomic E-state index is 9.84. The van der Waals surface area contributed by atoms with Gasteiger partial charge in [-0.3, -0.25) is 0 Å². The van der Waals surface area contributed by atoms with Gasteiger partial charge in [-0.25, -0.2) is 0 Å². The summed E-state index contributed by atoms with van der Waals surface area (Å²) in [5, 5.41) is 23.0. The topological polar surface area (TPSA) is 71.3 Å². The van der Waals surface area contributed by atoms with E-state index in [0.717, 1.165) is 0 Å². The molecule has 0 saturated carbocycles. The lowest BCUT2D eigenvalue weighted by Crippen LogP contribution is -2.42. The van der Waals surface area contributed by atoms with Gasteiger partial charge in [0, 0.05) is 7.11 Å². The van der Waals surface area contributed by atoms with Crippen LogP contribution in [0.15, 0.2) is 5.16 Å². The van der Waals surface area contributed by atoms with E-state index >= 15 is 0 Å². The first-order chi connectivity index (χ1) is 7.95. The molecule has 0 heterocycles. The summed E-state index contributed by atoms with van der Waals surface area (Å²) in [4.78, 5) is 4.85.